The number of rotatable bonds is 2. The first kappa shape index (κ1) is 7.28. The van der Waals surface area contributed by atoms with Crippen LogP contribution in [0.5, 0.6) is 0 Å². The summed E-state index contributed by atoms with van der Waals surface area (Å²) >= 11 is 0. The molecule has 0 aliphatic heterocycles. The van der Waals surface area contributed by atoms with E-state index in [1.54, 1.807) is 0 Å². The van der Waals surface area contributed by atoms with E-state index in [0.717, 1.165) is 12.2 Å². The molecule has 1 heterocycles. The van der Waals surface area contributed by atoms with Crippen molar-refractivity contribution in [3.63, 3.8) is 0 Å². The second-order valence-electron chi connectivity index (χ2n) is 2.46. The van der Waals surface area contributed by atoms with E-state index in [2.05, 4.69) is 17.3 Å². The first-order valence-corrected chi connectivity index (χ1v) is 3.37. The summed E-state index contributed by atoms with van der Waals surface area (Å²) in [6.07, 6.45) is 2.02. The van der Waals surface area contributed by atoms with E-state index in [-0.39, 0.29) is 0 Å². The van der Waals surface area contributed by atoms with E-state index in [1.165, 1.54) is 5.56 Å². The van der Waals surface area contributed by atoms with Crippen LogP contribution in [0.15, 0.2) is 6.20 Å². The Hall–Kier alpha value is -0.830. The minimum atomic E-state index is 0.854. The number of hydrogen-bond acceptors (Lipinski definition) is 2. The Balaban J connectivity index is 2.81. The van der Waals surface area contributed by atoms with Crippen molar-refractivity contribution in [2.45, 2.75) is 13.5 Å². The van der Waals surface area contributed by atoms with Crippen molar-refractivity contribution < 1.29 is 0 Å². The third-order valence-electron chi connectivity index (χ3n) is 1.46. The molecule has 0 amide bonds. The fourth-order valence-electron chi connectivity index (χ4n) is 0.995. The Bertz CT molecular complexity index is 215. The lowest BCUT2D eigenvalue weighted by Crippen LogP contribution is -2.06. The highest BCUT2D eigenvalue weighted by Crippen LogP contribution is 2.02. The molecule has 10 heavy (non-hydrogen) atoms. The van der Waals surface area contributed by atoms with E-state index >= 15 is 0 Å². The van der Waals surface area contributed by atoms with E-state index in [9.17, 15) is 0 Å². The standard InChI is InChI=1S/C7H13N3/c1-6-5-10(3)9-7(6)4-8-2/h5,8H,4H2,1-3H3. The molecule has 0 fully saturated rings. The molecule has 0 unspecified atom stereocenters. The van der Waals surface area contributed by atoms with Crippen LogP contribution in [-0.2, 0) is 13.6 Å². The lowest BCUT2D eigenvalue weighted by molar-refractivity contribution is 0.711. The lowest BCUT2D eigenvalue weighted by Gasteiger charge is -1.93. The van der Waals surface area contributed by atoms with Crippen molar-refractivity contribution in [2.24, 2.45) is 7.05 Å². The van der Waals surface area contributed by atoms with E-state index < -0.39 is 0 Å². The molecule has 3 nitrogen and oxygen atoms in total. The zero-order chi connectivity index (χ0) is 7.56. The minimum absolute atomic E-state index is 0.854. The van der Waals surface area contributed by atoms with Gasteiger partial charge in [0.05, 0.1) is 5.69 Å². The molecule has 1 aromatic rings. The zero-order valence-electron chi connectivity index (χ0n) is 6.68. The molecule has 1 rings (SSSR count). The fraction of sp³-hybridized carbons (Fsp3) is 0.571. The minimum Gasteiger partial charge on any atom is -0.314 e. The SMILES string of the molecule is CNCc1nn(C)cc1C. The van der Waals surface area contributed by atoms with Gasteiger partial charge in [0.15, 0.2) is 0 Å². The van der Waals surface area contributed by atoms with Crippen LogP contribution in [0.1, 0.15) is 11.3 Å². The lowest BCUT2D eigenvalue weighted by atomic mass is 10.3. The molecule has 0 aromatic carbocycles. The molecule has 0 radical (unpaired) electrons. The zero-order valence-corrected chi connectivity index (χ0v) is 6.68. The smallest absolute Gasteiger partial charge is 0.0791 e. The number of aromatic nitrogens is 2. The van der Waals surface area contributed by atoms with E-state index in [0.29, 0.717) is 0 Å². The third kappa shape index (κ3) is 1.36. The second kappa shape index (κ2) is 2.84. The van der Waals surface area contributed by atoms with Crippen LogP contribution in [0.4, 0.5) is 0 Å². The molecule has 56 valence electrons. The second-order valence-corrected chi connectivity index (χ2v) is 2.46. The van der Waals surface area contributed by atoms with Crippen molar-refractivity contribution in [3.05, 3.63) is 17.5 Å². The Kier molecular flexibility index (Phi) is 2.06. The maximum Gasteiger partial charge on any atom is 0.0791 e. The monoisotopic (exact) mass is 139 g/mol. The number of hydrogen-bond donors (Lipinski definition) is 1. The normalized spacial score (nSPS) is 10.3. The van der Waals surface area contributed by atoms with E-state index in [4.69, 9.17) is 0 Å². The van der Waals surface area contributed by atoms with Gasteiger partial charge in [-0.15, -0.1) is 0 Å². The molecule has 0 aliphatic carbocycles. The highest BCUT2D eigenvalue weighted by atomic mass is 15.3. The van der Waals surface area contributed by atoms with Crippen LogP contribution >= 0.6 is 0 Å². The highest BCUT2D eigenvalue weighted by molar-refractivity contribution is 5.13. The van der Waals surface area contributed by atoms with Crippen molar-refractivity contribution in [1.29, 1.82) is 0 Å². The van der Waals surface area contributed by atoms with Gasteiger partial charge in [0.2, 0.25) is 0 Å². The van der Waals surface area contributed by atoms with Crippen molar-refractivity contribution in [1.82, 2.24) is 15.1 Å². The molecule has 0 saturated heterocycles. The van der Waals surface area contributed by atoms with Crippen LogP contribution in [0.2, 0.25) is 0 Å². The fourth-order valence-corrected chi connectivity index (χ4v) is 0.995. The van der Waals surface area contributed by atoms with E-state index in [1.807, 2.05) is 25.0 Å². The van der Waals surface area contributed by atoms with Crippen LogP contribution in [0.25, 0.3) is 0 Å². The summed E-state index contributed by atoms with van der Waals surface area (Å²) in [5.74, 6) is 0. The maximum absolute atomic E-state index is 4.25. The summed E-state index contributed by atoms with van der Waals surface area (Å²) in [6, 6.07) is 0. The molecular formula is C7H13N3. The summed E-state index contributed by atoms with van der Waals surface area (Å²) < 4.78 is 1.84. The van der Waals surface area contributed by atoms with Gasteiger partial charge in [-0.25, -0.2) is 0 Å². The summed E-state index contributed by atoms with van der Waals surface area (Å²) in [4.78, 5) is 0. The number of aryl methyl sites for hydroxylation is 2. The first-order chi connectivity index (χ1) is 4.74. The highest BCUT2D eigenvalue weighted by Gasteiger charge is 1.99. The van der Waals surface area contributed by atoms with Gasteiger partial charge in [-0.2, -0.15) is 5.10 Å². The summed E-state index contributed by atoms with van der Waals surface area (Å²) in [6.45, 7) is 2.92. The molecular weight excluding hydrogens is 126 g/mol. The number of nitrogens with one attached hydrogen (secondary N) is 1. The molecule has 1 N–H and O–H groups in total. The first-order valence-electron chi connectivity index (χ1n) is 3.37. The predicted octanol–water partition coefficient (Wildman–Crippen LogP) is 0.448. The van der Waals surface area contributed by atoms with Gasteiger partial charge in [0, 0.05) is 19.8 Å². The van der Waals surface area contributed by atoms with Crippen LogP contribution in [0, 0.1) is 6.92 Å². The molecule has 0 bridgehead atoms. The van der Waals surface area contributed by atoms with Crippen molar-refractivity contribution in [3.8, 4) is 0 Å². The van der Waals surface area contributed by atoms with Gasteiger partial charge < -0.3 is 5.32 Å². The summed E-state index contributed by atoms with van der Waals surface area (Å²) in [5.41, 5.74) is 2.38. The molecule has 0 spiro atoms. The summed E-state index contributed by atoms with van der Waals surface area (Å²) in [7, 11) is 3.86. The topological polar surface area (TPSA) is 29.9 Å². The van der Waals surface area contributed by atoms with Gasteiger partial charge in [0.1, 0.15) is 0 Å². The van der Waals surface area contributed by atoms with Gasteiger partial charge in [-0.1, -0.05) is 0 Å². The molecule has 0 saturated carbocycles. The van der Waals surface area contributed by atoms with Gasteiger partial charge >= 0.3 is 0 Å². The largest absolute Gasteiger partial charge is 0.314 e. The molecule has 0 atom stereocenters. The Morgan fingerprint density at radius 3 is 2.80 bits per heavy atom. The molecule has 1 aromatic heterocycles. The average Bonchev–Trinajstić information content (AvgIpc) is 2.13. The molecule has 0 aliphatic rings. The Morgan fingerprint density at radius 2 is 2.40 bits per heavy atom. The van der Waals surface area contributed by atoms with Crippen LogP contribution in [-0.4, -0.2) is 16.8 Å². The van der Waals surface area contributed by atoms with Crippen molar-refractivity contribution >= 4 is 0 Å². The van der Waals surface area contributed by atoms with Crippen molar-refractivity contribution in [2.75, 3.05) is 7.05 Å². The quantitative estimate of drug-likeness (QED) is 0.644. The third-order valence-corrected chi connectivity index (χ3v) is 1.46. The van der Waals surface area contributed by atoms with Crippen LogP contribution in [0.3, 0.4) is 0 Å². The number of nitrogens with zero attached hydrogens (tertiary/aromatic N) is 2. The van der Waals surface area contributed by atoms with Gasteiger partial charge in [0.25, 0.3) is 0 Å². The maximum atomic E-state index is 4.25. The summed E-state index contributed by atoms with van der Waals surface area (Å²) in [5, 5.41) is 7.32. The Morgan fingerprint density at radius 1 is 1.70 bits per heavy atom. The molecule has 3 heteroatoms. The average molecular weight is 139 g/mol. The Labute approximate surface area is 61.0 Å². The van der Waals surface area contributed by atoms with Crippen LogP contribution < -0.4 is 5.32 Å². The van der Waals surface area contributed by atoms with Gasteiger partial charge in [-0.05, 0) is 19.5 Å². The van der Waals surface area contributed by atoms with Gasteiger partial charge in [-0.3, -0.25) is 4.68 Å². The predicted molar refractivity (Wildman–Crippen MR) is 40.7 cm³/mol.